The van der Waals surface area contributed by atoms with Gasteiger partial charge < -0.3 is 14.0 Å². The Morgan fingerprint density at radius 2 is 1.83 bits per heavy atom. The Hall–Kier alpha value is -1.72. The number of methoxy groups -OCH3 is 1. The van der Waals surface area contributed by atoms with E-state index in [1.165, 1.54) is 0 Å². The Morgan fingerprint density at radius 1 is 1.12 bits per heavy atom. The van der Waals surface area contributed by atoms with Gasteiger partial charge in [-0.3, -0.25) is 0 Å². The van der Waals surface area contributed by atoms with Crippen molar-refractivity contribution in [2.24, 2.45) is 5.41 Å². The van der Waals surface area contributed by atoms with Gasteiger partial charge in [0.2, 0.25) is 0 Å². The zero-order valence-corrected chi connectivity index (χ0v) is 15.1. The maximum Gasteiger partial charge on any atom is 0.263 e. The van der Waals surface area contributed by atoms with Crippen LogP contribution >= 0.6 is 0 Å². The van der Waals surface area contributed by atoms with Crippen molar-refractivity contribution in [1.29, 1.82) is 0 Å². The van der Waals surface area contributed by atoms with Crippen molar-refractivity contribution in [3.8, 4) is 0 Å². The summed E-state index contributed by atoms with van der Waals surface area (Å²) in [5.74, 6) is 1.34. The highest BCUT2D eigenvalue weighted by Gasteiger charge is 2.42. The van der Waals surface area contributed by atoms with Crippen LogP contribution in [-0.2, 0) is 15.1 Å². The number of rotatable bonds is 4. The molecule has 2 aromatic rings. The third kappa shape index (κ3) is 2.98. The van der Waals surface area contributed by atoms with Gasteiger partial charge in [0, 0.05) is 13.7 Å². The van der Waals surface area contributed by atoms with E-state index in [9.17, 15) is 0 Å². The second-order valence-electron chi connectivity index (χ2n) is 7.61. The summed E-state index contributed by atoms with van der Waals surface area (Å²) in [6.07, 6.45) is 1.00. The molecule has 0 saturated carbocycles. The SMILES string of the molecule is COC(C)(c1ccccc1)c1nc([C@H]2CCO[C@@H]2C(C)(C)C)no1. The third-order valence-corrected chi connectivity index (χ3v) is 4.86. The summed E-state index contributed by atoms with van der Waals surface area (Å²) < 4.78 is 17.3. The molecule has 0 aliphatic carbocycles. The van der Waals surface area contributed by atoms with E-state index in [2.05, 4.69) is 25.9 Å². The summed E-state index contributed by atoms with van der Waals surface area (Å²) >= 11 is 0. The quantitative estimate of drug-likeness (QED) is 0.851. The number of hydrogen-bond donors (Lipinski definition) is 0. The highest BCUT2D eigenvalue weighted by molar-refractivity contribution is 5.28. The first-order valence-electron chi connectivity index (χ1n) is 8.42. The fraction of sp³-hybridized carbons (Fsp3) is 0.579. The maximum absolute atomic E-state index is 5.94. The van der Waals surface area contributed by atoms with E-state index >= 15 is 0 Å². The Balaban J connectivity index is 1.93. The first kappa shape index (κ1) is 17.1. The van der Waals surface area contributed by atoms with Gasteiger partial charge in [0.25, 0.3) is 5.89 Å². The molecular weight excluding hydrogens is 304 g/mol. The lowest BCUT2D eigenvalue weighted by molar-refractivity contribution is 0.0112. The molecule has 130 valence electrons. The van der Waals surface area contributed by atoms with Gasteiger partial charge in [-0.15, -0.1) is 0 Å². The molecule has 1 aromatic heterocycles. The number of ether oxygens (including phenoxy) is 2. The molecule has 0 N–H and O–H groups in total. The normalized spacial score (nSPS) is 24.0. The van der Waals surface area contributed by atoms with E-state index in [4.69, 9.17) is 19.0 Å². The molecule has 5 nitrogen and oxygen atoms in total. The van der Waals surface area contributed by atoms with Crippen LogP contribution in [0.25, 0.3) is 0 Å². The second-order valence-corrected chi connectivity index (χ2v) is 7.61. The minimum Gasteiger partial charge on any atom is -0.377 e. The van der Waals surface area contributed by atoms with Gasteiger partial charge in [-0.25, -0.2) is 0 Å². The monoisotopic (exact) mass is 330 g/mol. The van der Waals surface area contributed by atoms with Crippen molar-refractivity contribution in [1.82, 2.24) is 10.1 Å². The number of hydrogen-bond acceptors (Lipinski definition) is 5. The molecule has 1 unspecified atom stereocenters. The molecule has 1 saturated heterocycles. The van der Waals surface area contributed by atoms with E-state index in [1.807, 2.05) is 37.3 Å². The zero-order chi connectivity index (χ0) is 17.4. The average Bonchev–Trinajstić information content (AvgIpc) is 3.23. The van der Waals surface area contributed by atoms with Crippen LogP contribution < -0.4 is 0 Å². The summed E-state index contributed by atoms with van der Waals surface area (Å²) in [5, 5.41) is 4.26. The van der Waals surface area contributed by atoms with Crippen molar-refractivity contribution < 1.29 is 14.0 Å². The molecule has 0 radical (unpaired) electrons. The summed E-state index contributed by atoms with van der Waals surface area (Å²) in [6, 6.07) is 9.94. The molecule has 1 aromatic carbocycles. The van der Waals surface area contributed by atoms with Crippen LogP contribution in [0.15, 0.2) is 34.9 Å². The lowest BCUT2D eigenvalue weighted by atomic mass is 9.81. The number of nitrogens with zero attached hydrogens (tertiary/aromatic N) is 2. The molecule has 0 amide bonds. The zero-order valence-electron chi connectivity index (χ0n) is 15.1. The van der Waals surface area contributed by atoms with Crippen molar-refractivity contribution in [3.63, 3.8) is 0 Å². The third-order valence-electron chi connectivity index (χ3n) is 4.86. The number of aromatic nitrogens is 2. The Kier molecular flexibility index (Phi) is 4.49. The van der Waals surface area contributed by atoms with E-state index in [1.54, 1.807) is 7.11 Å². The van der Waals surface area contributed by atoms with Crippen molar-refractivity contribution in [3.05, 3.63) is 47.6 Å². The Morgan fingerprint density at radius 3 is 2.46 bits per heavy atom. The van der Waals surface area contributed by atoms with Crippen LogP contribution in [0.1, 0.15) is 57.3 Å². The molecule has 0 spiro atoms. The first-order chi connectivity index (χ1) is 11.4. The summed E-state index contributed by atoms with van der Waals surface area (Å²) in [6.45, 7) is 9.23. The largest absolute Gasteiger partial charge is 0.377 e. The van der Waals surface area contributed by atoms with Crippen molar-refractivity contribution >= 4 is 0 Å². The van der Waals surface area contributed by atoms with Crippen LogP contribution in [0.4, 0.5) is 0 Å². The molecule has 1 fully saturated rings. The predicted octanol–water partition coefficient (Wildman–Crippen LogP) is 3.90. The number of benzene rings is 1. The van der Waals surface area contributed by atoms with Crippen LogP contribution in [0.2, 0.25) is 0 Å². The fourth-order valence-electron chi connectivity index (χ4n) is 3.37. The highest BCUT2D eigenvalue weighted by atomic mass is 16.5. The van der Waals surface area contributed by atoms with E-state index in [-0.39, 0.29) is 17.4 Å². The van der Waals surface area contributed by atoms with Gasteiger partial charge in [0.15, 0.2) is 11.4 Å². The van der Waals surface area contributed by atoms with Crippen molar-refractivity contribution in [2.45, 2.75) is 51.7 Å². The fourth-order valence-corrected chi connectivity index (χ4v) is 3.37. The van der Waals surface area contributed by atoms with E-state index in [0.717, 1.165) is 18.6 Å². The lowest BCUT2D eigenvalue weighted by Crippen LogP contribution is -2.31. The molecule has 2 heterocycles. The first-order valence-corrected chi connectivity index (χ1v) is 8.42. The second kappa shape index (κ2) is 6.30. The Labute approximate surface area is 143 Å². The summed E-state index contributed by atoms with van der Waals surface area (Å²) in [4.78, 5) is 4.69. The van der Waals surface area contributed by atoms with E-state index < -0.39 is 5.60 Å². The topological polar surface area (TPSA) is 57.4 Å². The molecule has 3 atom stereocenters. The van der Waals surface area contributed by atoms with Gasteiger partial charge in [0.1, 0.15) is 0 Å². The van der Waals surface area contributed by atoms with Gasteiger partial charge in [-0.2, -0.15) is 4.98 Å². The standard InChI is InChI=1S/C19H26N2O3/c1-18(2,3)15-14(11-12-23-15)16-20-17(24-21-16)19(4,22-5)13-9-7-6-8-10-13/h6-10,14-15H,11-12H2,1-5H3/t14-,15-,19?/m0/s1. The lowest BCUT2D eigenvalue weighted by Gasteiger charge is -2.29. The molecule has 0 bridgehead atoms. The molecular formula is C19H26N2O3. The van der Waals surface area contributed by atoms with Crippen molar-refractivity contribution in [2.75, 3.05) is 13.7 Å². The predicted molar refractivity (Wildman–Crippen MR) is 90.8 cm³/mol. The summed E-state index contributed by atoms with van der Waals surface area (Å²) in [7, 11) is 1.66. The van der Waals surface area contributed by atoms with Gasteiger partial charge in [-0.1, -0.05) is 56.3 Å². The molecule has 5 heteroatoms. The summed E-state index contributed by atoms with van der Waals surface area (Å²) in [5.41, 5.74) is 0.257. The minimum atomic E-state index is -0.761. The highest BCUT2D eigenvalue weighted by Crippen LogP contribution is 2.40. The minimum absolute atomic E-state index is 0.0337. The molecule has 1 aliphatic heterocycles. The van der Waals surface area contributed by atoms with Gasteiger partial charge in [-0.05, 0) is 24.3 Å². The Bertz CT molecular complexity index is 677. The van der Waals surface area contributed by atoms with Crippen LogP contribution in [0.5, 0.6) is 0 Å². The van der Waals surface area contributed by atoms with Gasteiger partial charge >= 0.3 is 0 Å². The van der Waals surface area contributed by atoms with Crippen LogP contribution in [-0.4, -0.2) is 30.0 Å². The smallest absolute Gasteiger partial charge is 0.263 e. The van der Waals surface area contributed by atoms with Gasteiger partial charge in [0.05, 0.1) is 12.0 Å². The maximum atomic E-state index is 5.94. The molecule has 3 rings (SSSR count). The van der Waals surface area contributed by atoms with E-state index in [0.29, 0.717) is 11.7 Å². The average molecular weight is 330 g/mol. The molecule has 24 heavy (non-hydrogen) atoms. The molecule has 1 aliphatic rings. The van der Waals surface area contributed by atoms with Crippen LogP contribution in [0.3, 0.4) is 0 Å². The van der Waals surface area contributed by atoms with Crippen LogP contribution in [0, 0.1) is 5.41 Å².